The summed E-state index contributed by atoms with van der Waals surface area (Å²) in [5.74, 6) is 1.02. The molecule has 0 saturated heterocycles. The number of nitrogens with zero attached hydrogens (tertiary/aromatic N) is 2. The van der Waals surface area contributed by atoms with Crippen molar-refractivity contribution >= 4 is 28.8 Å². The van der Waals surface area contributed by atoms with E-state index in [4.69, 9.17) is 21.3 Å². The fourth-order valence-electron chi connectivity index (χ4n) is 2.94. The van der Waals surface area contributed by atoms with Gasteiger partial charge in [0.25, 0.3) is 0 Å². The molecular weight excluding hydrogens is 377 g/mol. The number of hydrogen-bond donors (Lipinski definition) is 1. The second kappa shape index (κ2) is 7.82. The van der Waals surface area contributed by atoms with Crippen LogP contribution < -0.4 is 10.2 Å². The summed E-state index contributed by atoms with van der Waals surface area (Å²) in [7, 11) is 0. The van der Waals surface area contributed by atoms with Crippen molar-refractivity contribution in [2.45, 2.75) is 6.92 Å². The number of nitrogens with one attached hydrogen (secondary N) is 1. The van der Waals surface area contributed by atoms with E-state index in [1.807, 2.05) is 37.3 Å². The average molecular weight is 394 g/mol. The molecule has 3 aromatic rings. The maximum absolute atomic E-state index is 13.4. The van der Waals surface area contributed by atoms with Crippen LogP contribution in [0.4, 0.5) is 10.1 Å². The van der Waals surface area contributed by atoms with Gasteiger partial charge in [0.15, 0.2) is 5.84 Å². The Morgan fingerprint density at radius 2 is 1.68 bits per heavy atom. The van der Waals surface area contributed by atoms with E-state index in [0.717, 1.165) is 28.1 Å². The highest BCUT2D eigenvalue weighted by atomic mass is 35.5. The molecule has 1 aliphatic heterocycles. The fraction of sp³-hybridized carbons (Fsp3) is 0.0909. The normalized spacial score (nSPS) is 13.0. The minimum Gasteiger partial charge on any atom is -0.494 e. The van der Waals surface area contributed by atoms with Gasteiger partial charge in [0.2, 0.25) is 0 Å². The maximum atomic E-state index is 13.4. The molecule has 0 radical (unpaired) electrons. The van der Waals surface area contributed by atoms with Gasteiger partial charge in [-0.2, -0.15) is 5.10 Å². The summed E-state index contributed by atoms with van der Waals surface area (Å²) in [6.45, 7) is 2.48. The number of rotatable bonds is 4. The first-order chi connectivity index (χ1) is 13.6. The average Bonchev–Trinajstić information content (AvgIpc) is 2.89. The Balaban J connectivity index is 1.84. The van der Waals surface area contributed by atoms with Crippen molar-refractivity contribution in [3.05, 3.63) is 94.3 Å². The number of fused-ring (bicyclic) bond motifs is 1. The van der Waals surface area contributed by atoms with Crippen molar-refractivity contribution in [1.82, 2.24) is 5.43 Å². The standard InChI is InChI=1S/C22H17ClFN3O/c1-2-28-18-11-12-20-19(13-18)21(14-5-9-17(24)10-6-14)26-27-22(25-20)15-3-7-16(23)8-4-15/h3-13H,2H2,1H3,(H,25,27). The second-order valence-corrected chi connectivity index (χ2v) is 6.59. The van der Waals surface area contributed by atoms with Gasteiger partial charge in [0.1, 0.15) is 17.3 Å². The van der Waals surface area contributed by atoms with Gasteiger partial charge in [-0.25, -0.2) is 9.38 Å². The summed E-state index contributed by atoms with van der Waals surface area (Å²) in [6.07, 6.45) is 0. The van der Waals surface area contributed by atoms with Crippen molar-refractivity contribution in [1.29, 1.82) is 0 Å². The summed E-state index contributed by atoms with van der Waals surface area (Å²) in [6, 6.07) is 19.2. The van der Waals surface area contributed by atoms with Crippen LogP contribution in [0.2, 0.25) is 5.02 Å². The third-order valence-electron chi connectivity index (χ3n) is 4.28. The molecule has 0 spiro atoms. The van der Waals surface area contributed by atoms with Crippen molar-refractivity contribution < 1.29 is 9.13 Å². The number of hydrazone groups is 1. The lowest BCUT2D eigenvalue weighted by molar-refractivity contribution is 0.340. The monoisotopic (exact) mass is 393 g/mol. The first-order valence-electron chi connectivity index (χ1n) is 8.85. The van der Waals surface area contributed by atoms with Crippen molar-refractivity contribution in [2.24, 2.45) is 10.1 Å². The van der Waals surface area contributed by atoms with E-state index in [1.54, 1.807) is 24.3 Å². The molecule has 140 valence electrons. The van der Waals surface area contributed by atoms with Crippen molar-refractivity contribution in [3.63, 3.8) is 0 Å². The molecule has 0 fully saturated rings. The van der Waals surface area contributed by atoms with E-state index in [9.17, 15) is 4.39 Å². The highest BCUT2D eigenvalue weighted by Gasteiger charge is 2.18. The van der Waals surface area contributed by atoms with E-state index in [-0.39, 0.29) is 5.82 Å². The van der Waals surface area contributed by atoms with E-state index in [1.165, 1.54) is 12.1 Å². The Labute approximate surface area is 167 Å². The highest BCUT2D eigenvalue weighted by Crippen LogP contribution is 2.30. The topological polar surface area (TPSA) is 46.0 Å². The van der Waals surface area contributed by atoms with Crippen LogP contribution in [0, 0.1) is 5.82 Å². The van der Waals surface area contributed by atoms with Crippen LogP contribution in [0.15, 0.2) is 76.8 Å². The Kier molecular flexibility index (Phi) is 5.08. The summed E-state index contributed by atoms with van der Waals surface area (Å²) >= 11 is 5.99. The Morgan fingerprint density at radius 1 is 0.964 bits per heavy atom. The number of benzene rings is 3. The largest absolute Gasteiger partial charge is 0.494 e. The van der Waals surface area contributed by atoms with Crippen LogP contribution in [0.25, 0.3) is 0 Å². The summed E-state index contributed by atoms with van der Waals surface area (Å²) in [5.41, 5.74) is 6.86. The van der Waals surface area contributed by atoms with E-state index in [0.29, 0.717) is 23.2 Å². The van der Waals surface area contributed by atoms with Gasteiger partial charge in [-0.3, -0.25) is 5.43 Å². The molecule has 4 nitrogen and oxygen atoms in total. The Morgan fingerprint density at radius 3 is 2.39 bits per heavy atom. The lowest BCUT2D eigenvalue weighted by atomic mass is 10.0. The molecule has 0 aromatic heterocycles. The number of aliphatic imine (C=N–C) groups is 1. The molecule has 1 heterocycles. The summed E-state index contributed by atoms with van der Waals surface area (Å²) in [4.78, 5) is 4.75. The summed E-state index contributed by atoms with van der Waals surface area (Å²) in [5, 5.41) is 5.22. The van der Waals surface area contributed by atoms with Crippen molar-refractivity contribution in [2.75, 3.05) is 6.61 Å². The van der Waals surface area contributed by atoms with Crippen LogP contribution in [-0.4, -0.2) is 18.2 Å². The minimum atomic E-state index is -0.299. The van der Waals surface area contributed by atoms with Gasteiger partial charge in [-0.1, -0.05) is 11.6 Å². The van der Waals surface area contributed by atoms with E-state index >= 15 is 0 Å². The Bertz CT molecular complexity index is 1060. The third kappa shape index (κ3) is 3.75. The molecule has 28 heavy (non-hydrogen) atoms. The zero-order valence-electron chi connectivity index (χ0n) is 15.1. The molecule has 3 aromatic carbocycles. The van der Waals surface area contributed by atoms with Crippen molar-refractivity contribution in [3.8, 4) is 5.75 Å². The summed E-state index contributed by atoms with van der Waals surface area (Å²) < 4.78 is 19.0. The van der Waals surface area contributed by atoms with Gasteiger partial charge in [-0.05, 0) is 73.7 Å². The maximum Gasteiger partial charge on any atom is 0.154 e. The molecule has 0 unspecified atom stereocenters. The third-order valence-corrected chi connectivity index (χ3v) is 4.53. The molecular formula is C22H17ClFN3O. The SMILES string of the molecule is CCOc1ccc2c(c1)C(c1ccc(F)cc1)=NNC(c1ccc(Cl)cc1)=N2. The number of hydrogen-bond acceptors (Lipinski definition) is 4. The molecule has 4 rings (SSSR count). The predicted octanol–water partition coefficient (Wildman–Crippen LogP) is 5.31. The lowest BCUT2D eigenvalue weighted by Gasteiger charge is -2.10. The van der Waals surface area contributed by atoms with Crippen LogP contribution in [-0.2, 0) is 0 Å². The van der Waals surface area contributed by atoms with Gasteiger partial charge in [0.05, 0.1) is 12.3 Å². The zero-order chi connectivity index (χ0) is 19.5. The molecule has 0 atom stereocenters. The minimum absolute atomic E-state index is 0.299. The number of ether oxygens (including phenoxy) is 1. The fourth-order valence-corrected chi connectivity index (χ4v) is 3.06. The smallest absolute Gasteiger partial charge is 0.154 e. The van der Waals surface area contributed by atoms with Crippen LogP contribution >= 0.6 is 11.6 Å². The van der Waals surface area contributed by atoms with E-state index < -0.39 is 0 Å². The lowest BCUT2D eigenvalue weighted by Crippen LogP contribution is -2.19. The first kappa shape index (κ1) is 18.2. The zero-order valence-corrected chi connectivity index (χ0v) is 15.9. The molecule has 0 saturated carbocycles. The molecule has 0 aliphatic carbocycles. The van der Waals surface area contributed by atoms with Gasteiger partial charge >= 0.3 is 0 Å². The number of amidine groups is 1. The second-order valence-electron chi connectivity index (χ2n) is 6.16. The molecule has 0 bridgehead atoms. The van der Waals surface area contributed by atoms with E-state index in [2.05, 4.69) is 10.5 Å². The van der Waals surface area contributed by atoms with Gasteiger partial charge in [-0.15, -0.1) is 0 Å². The molecule has 1 aliphatic rings. The number of halogens is 2. The molecule has 1 N–H and O–H groups in total. The molecule has 0 amide bonds. The van der Waals surface area contributed by atoms with Gasteiger partial charge < -0.3 is 4.74 Å². The predicted molar refractivity (Wildman–Crippen MR) is 110 cm³/mol. The van der Waals surface area contributed by atoms with Gasteiger partial charge in [0, 0.05) is 21.7 Å². The van der Waals surface area contributed by atoms with Crippen LogP contribution in [0.3, 0.4) is 0 Å². The highest BCUT2D eigenvalue weighted by molar-refractivity contribution is 6.30. The Hall–Kier alpha value is -3.18. The van der Waals surface area contributed by atoms with Crippen LogP contribution in [0.5, 0.6) is 5.75 Å². The first-order valence-corrected chi connectivity index (χ1v) is 9.23. The van der Waals surface area contributed by atoms with Crippen LogP contribution in [0.1, 0.15) is 23.6 Å². The quantitative estimate of drug-likeness (QED) is 0.652. The molecule has 6 heteroatoms.